The lowest BCUT2D eigenvalue weighted by atomic mass is 10.2. The summed E-state index contributed by atoms with van der Waals surface area (Å²) in [4.78, 5) is 19.9. The summed E-state index contributed by atoms with van der Waals surface area (Å²) in [7, 11) is -1.88. The summed E-state index contributed by atoms with van der Waals surface area (Å²) in [6, 6.07) is 8.54. The summed E-state index contributed by atoms with van der Waals surface area (Å²) in [5, 5.41) is 10.9. The molecule has 0 fully saturated rings. The van der Waals surface area contributed by atoms with Gasteiger partial charge >= 0.3 is 0 Å². The van der Waals surface area contributed by atoms with Crippen LogP contribution in [-0.4, -0.2) is 40.3 Å². The molecule has 0 spiro atoms. The molecular weight excluding hydrogens is 412 g/mol. The number of carbonyl (C=O) groups excluding carboxylic acids is 1. The van der Waals surface area contributed by atoms with Gasteiger partial charge in [-0.2, -0.15) is 17.7 Å². The molecule has 1 aromatic carbocycles. The molecule has 2 aromatic heterocycles. The molecule has 3 rings (SSSR count). The number of rotatable bonds is 6. The zero-order valence-electron chi connectivity index (χ0n) is 15.6. The molecule has 0 atom stereocenters. The second-order valence-electron chi connectivity index (χ2n) is 6.11. The van der Waals surface area contributed by atoms with Gasteiger partial charge in [0.25, 0.3) is 0 Å². The van der Waals surface area contributed by atoms with Crippen LogP contribution >= 0.6 is 12.6 Å². The normalized spacial score (nSPS) is 11.6. The molecule has 0 saturated carbocycles. The molecule has 9 nitrogen and oxygen atoms in total. The van der Waals surface area contributed by atoms with Crippen molar-refractivity contribution in [1.29, 1.82) is 0 Å². The van der Waals surface area contributed by atoms with Crippen molar-refractivity contribution in [3.63, 3.8) is 0 Å². The van der Waals surface area contributed by atoms with Crippen molar-refractivity contribution in [2.75, 3.05) is 16.9 Å². The first-order chi connectivity index (χ1) is 13.7. The van der Waals surface area contributed by atoms with Crippen molar-refractivity contribution >= 4 is 45.6 Å². The quantitative estimate of drug-likeness (QED) is 0.312. The van der Waals surface area contributed by atoms with Gasteiger partial charge in [-0.25, -0.2) is 18.4 Å². The first-order valence-corrected chi connectivity index (χ1v) is 10.7. The number of amides is 1. The SMILES string of the molecule is Cn1cc(-c2cc(Nc3cccc(NC(=O)/C=C/S)c3)nc(S(C)(=O)=O)n2)cn1. The Hall–Kier alpha value is -3.18. The first kappa shape index (κ1) is 20.6. The molecule has 0 unspecified atom stereocenters. The van der Waals surface area contributed by atoms with Gasteiger partial charge in [0.2, 0.25) is 20.9 Å². The summed E-state index contributed by atoms with van der Waals surface area (Å²) in [5.41, 5.74) is 2.23. The Morgan fingerprint density at radius 2 is 1.97 bits per heavy atom. The van der Waals surface area contributed by atoms with E-state index in [1.165, 1.54) is 11.5 Å². The summed E-state index contributed by atoms with van der Waals surface area (Å²) in [6.07, 6.45) is 5.64. The van der Waals surface area contributed by atoms with Gasteiger partial charge < -0.3 is 10.6 Å². The maximum atomic E-state index is 12.0. The number of aromatic nitrogens is 4. The van der Waals surface area contributed by atoms with Crippen molar-refractivity contribution < 1.29 is 13.2 Å². The van der Waals surface area contributed by atoms with Crippen molar-refractivity contribution in [2.45, 2.75) is 5.16 Å². The molecule has 29 heavy (non-hydrogen) atoms. The van der Waals surface area contributed by atoms with E-state index < -0.39 is 9.84 Å². The number of anilines is 3. The van der Waals surface area contributed by atoms with E-state index in [0.29, 0.717) is 22.6 Å². The van der Waals surface area contributed by atoms with Crippen LogP contribution in [0.2, 0.25) is 0 Å². The molecule has 150 valence electrons. The lowest BCUT2D eigenvalue weighted by Crippen LogP contribution is -2.08. The topological polar surface area (TPSA) is 119 Å². The lowest BCUT2D eigenvalue weighted by molar-refractivity contribution is -0.111. The maximum absolute atomic E-state index is 12.0. The number of nitrogens with one attached hydrogen (secondary N) is 2. The molecule has 0 saturated heterocycles. The average molecular weight is 431 g/mol. The highest BCUT2D eigenvalue weighted by Crippen LogP contribution is 2.24. The van der Waals surface area contributed by atoms with Crippen LogP contribution in [0.4, 0.5) is 17.2 Å². The number of aryl methyl sites for hydroxylation is 1. The van der Waals surface area contributed by atoms with Gasteiger partial charge in [-0.15, -0.1) is 0 Å². The van der Waals surface area contributed by atoms with Crippen molar-refractivity contribution in [2.24, 2.45) is 7.05 Å². The number of hydrogen-bond acceptors (Lipinski definition) is 8. The van der Waals surface area contributed by atoms with Crippen LogP contribution in [0, 0.1) is 0 Å². The van der Waals surface area contributed by atoms with Crippen LogP contribution < -0.4 is 10.6 Å². The van der Waals surface area contributed by atoms with E-state index in [-0.39, 0.29) is 16.9 Å². The largest absolute Gasteiger partial charge is 0.340 e. The minimum atomic E-state index is -3.63. The number of nitrogens with zero attached hydrogens (tertiary/aromatic N) is 4. The molecule has 0 aliphatic rings. The highest BCUT2D eigenvalue weighted by molar-refractivity contribution is 7.90. The molecule has 2 N–H and O–H groups in total. The van der Waals surface area contributed by atoms with Gasteiger partial charge in [0.15, 0.2) is 0 Å². The first-order valence-electron chi connectivity index (χ1n) is 8.31. The fraction of sp³-hybridized carbons (Fsp3) is 0.111. The van der Waals surface area contributed by atoms with E-state index in [1.54, 1.807) is 54.5 Å². The van der Waals surface area contributed by atoms with Crippen molar-refractivity contribution in [3.05, 3.63) is 54.2 Å². The highest BCUT2D eigenvalue weighted by atomic mass is 32.2. The minimum absolute atomic E-state index is 0.290. The van der Waals surface area contributed by atoms with Gasteiger partial charge in [-0.3, -0.25) is 9.48 Å². The zero-order valence-corrected chi connectivity index (χ0v) is 17.3. The molecule has 3 aromatic rings. The third kappa shape index (κ3) is 5.42. The Morgan fingerprint density at radius 3 is 2.62 bits per heavy atom. The molecular formula is C18H18N6O3S2. The standard InChI is InChI=1S/C18H18N6O3S2/c1-24-11-12(10-19-24)15-9-16(23-18(22-15)29(2,26)27)20-13-4-3-5-14(8-13)21-17(25)6-7-28/h3-11,28H,1-2H3,(H,21,25)(H,20,22,23)/b7-6+. The average Bonchev–Trinajstić information content (AvgIpc) is 3.08. The summed E-state index contributed by atoms with van der Waals surface area (Å²) in [6.45, 7) is 0. The third-order valence-corrected chi connectivity index (χ3v) is 4.66. The maximum Gasteiger partial charge on any atom is 0.249 e. The van der Waals surface area contributed by atoms with Crippen LogP contribution in [0.3, 0.4) is 0 Å². The van der Waals surface area contributed by atoms with E-state index >= 15 is 0 Å². The van der Waals surface area contributed by atoms with Gasteiger partial charge in [0.1, 0.15) is 5.82 Å². The Balaban J connectivity index is 1.95. The second kappa shape index (κ2) is 8.45. The summed E-state index contributed by atoms with van der Waals surface area (Å²) < 4.78 is 25.7. The number of benzene rings is 1. The van der Waals surface area contributed by atoms with E-state index in [2.05, 4.69) is 38.3 Å². The van der Waals surface area contributed by atoms with Crippen LogP contribution in [0.5, 0.6) is 0 Å². The van der Waals surface area contributed by atoms with Gasteiger partial charge in [-0.1, -0.05) is 6.07 Å². The Bertz CT molecular complexity index is 1190. The molecule has 1 amide bonds. The van der Waals surface area contributed by atoms with Crippen LogP contribution in [0.15, 0.2) is 59.4 Å². The van der Waals surface area contributed by atoms with Crippen molar-refractivity contribution in [1.82, 2.24) is 19.7 Å². The van der Waals surface area contributed by atoms with Crippen LogP contribution in [-0.2, 0) is 21.7 Å². The van der Waals surface area contributed by atoms with Crippen LogP contribution in [0.25, 0.3) is 11.3 Å². The van der Waals surface area contributed by atoms with Gasteiger partial charge in [0, 0.05) is 48.6 Å². The van der Waals surface area contributed by atoms with Gasteiger partial charge in [0.05, 0.1) is 11.9 Å². The Morgan fingerprint density at radius 1 is 1.21 bits per heavy atom. The predicted molar refractivity (Wildman–Crippen MR) is 114 cm³/mol. The monoisotopic (exact) mass is 430 g/mol. The van der Waals surface area contributed by atoms with Gasteiger partial charge in [-0.05, 0) is 23.6 Å². The van der Waals surface area contributed by atoms with E-state index in [4.69, 9.17) is 0 Å². The van der Waals surface area contributed by atoms with Crippen molar-refractivity contribution in [3.8, 4) is 11.3 Å². The highest BCUT2D eigenvalue weighted by Gasteiger charge is 2.16. The fourth-order valence-corrected chi connectivity index (χ4v) is 3.09. The third-order valence-electron chi connectivity index (χ3n) is 3.67. The second-order valence-corrected chi connectivity index (χ2v) is 8.31. The molecule has 2 heterocycles. The van der Waals surface area contributed by atoms with E-state index in [1.807, 2.05) is 0 Å². The minimum Gasteiger partial charge on any atom is -0.340 e. The molecule has 0 radical (unpaired) electrons. The smallest absolute Gasteiger partial charge is 0.249 e. The molecule has 0 aliphatic heterocycles. The Kier molecular flexibility index (Phi) is 5.99. The Labute approximate surface area is 173 Å². The van der Waals surface area contributed by atoms with Crippen LogP contribution in [0.1, 0.15) is 0 Å². The summed E-state index contributed by atoms with van der Waals surface area (Å²) in [5.74, 6) is -0.0320. The number of thiol groups is 1. The molecule has 11 heteroatoms. The predicted octanol–water partition coefficient (Wildman–Crippen LogP) is 2.41. The molecule has 0 aliphatic carbocycles. The number of carbonyl (C=O) groups is 1. The number of sulfone groups is 1. The fourth-order valence-electron chi connectivity index (χ4n) is 2.43. The van der Waals surface area contributed by atoms with E-state index in [9.17, 15) is 13.2 Å². The van der Waals surface area contributed by atoms with E-state index in [0.717, 1.165) is 6.26 Å². The number of hydrogen-bond donors (Lipinski definition) is 3. The summed E-state index contributed by atoms with van der Waals surface area (Å²) >= 11 is 3.86. The molecule has 0 bridgehead atoms. The lowest BCUT2D eigenvalue weighted by Gasteiger charge is -2.10. The zero-order chi connectivity index (χ0) is 21.0.